The zero-order chi connectivity index (χ0) is 22.8. The number of rotatable bonds is 4. The lowest BCUT2D eigenvalue weighted by Crippen LogP contribution is -2.57. The van der Waals surface area contributed by atoms with Gasteiger partial charge in [0.15, 0.2) is 0 Å². The first-order valence-corrected chi connectivity index (χ1v) is 11.9. The standard InChI is InChI=1S/C25H31FN6O/c26-19-7-4-10-21(16-19)32-24(33)30-23(29-20-8-2-1-3-9-20)25(32)11-14-31(15-12-25)17-18-6-5-13-28-22(18)27/h4-7,10,13,16,20H,1-3,8-9,11-12,14-15,17H2,(H2,27,28)(H,29,30,33). The summed E-state index contributed by atoms with van der Waals surface area (Å²) in [4.78, 5) is 26.6. The molecule has 2 saturated heterocycles. The van der Waals surface area contributed by atoms with Gasteiger partial charge in [0.25, 0.3) is 0 Å². The van der Waals surface area contributed by atoms with E-state index in [2.05, 4.69) is 15.2 Å². The molecule has 5 rings (SSSR count). The summed E-state index contributed by atoms with van der Waals surface area (Å²) < 4.78 is 14.1. The Morgan fingerprint density at radius 2 is 1.94 bits per heavy atom. The summed E-state index contributed by atoms with van der Waals surface area (Å²) in [7, 11) is 0. The average molecular weight is 451 g/mol. The van der Waals surface area contributed by atoms with Crippen molar-refractivity contribution in [1.82, 2.24) is 15.2 Å². The van der Waals surface area contributed by atoms with Crippen LogP contribution in [0.3, 0.4) is 0 Å². The van der Waals surface area contributed by atoms with E-state index in [9.17, 15) is 9.18 Å². The Morgan fingerprint density at radius 3 is 2.67 bits per heavy atom. The van der Waals surface area contributed by atoms with Crippen molar-refractivity contribution < 1.29 is 9.18 Å². The number of benzene rings is 1. The molecule has 3 heterocycles. The lowest BCUT2D eigenvalue weighted by atomic mass is 9.84. The lowest BCUT2D eigenvalue weighted by Gasteiger charge is -2.44. The molecular weight excluding hydrogens is 419 g/mol. The van der Waals surface area contributed by atoms with E-state index in [-0.39, 0.29) is 17.9 Å². The van der Waals surface area contributed by atoms with Crippen LogP contribution in [0.5, 0.6) is 0 Å². The molecule has 1 aromatic carbocycles. The molecular formula is C25H31FN6O. The first kappa shape index (κ1) is 21.8. The van der Waals surface area contributed by atoms with Gasteiger partial charge in [-0.3, -0.25) is 20.1 Å². The number of nitrogen functional groups attached to an aromatic ring is 1. The molecule has 174 valence electrons. The third kappa shape index (κ3) is 4.31. The molecule has 1 aromatic heterocycles. The Morgan fingerprint density at radius 1 is 1.15 bits per heavy atom. The third-order valence-corrected chi connectivity index (χ3v) is 7.25. The topological polar surface area (TPSA) is 86.8 Å². The maximum Gasteiger partial charge on any atom is 0.328 e. The fraction of sp³-hybridized carbons (Fsp3) is 0.480. The normalized spacial score (nSPS) is 22.8. The number of urea groups is 1. The maximum absolute atomic E-state index is 14.1. The van der Waals surface area contributed by atoms with Gasteiger partial charge in [-0.05, 0) is 49.9 Å². The number of carbonyl (C=O) groups excluding carboxylic acids is 1. The van der Waals surface area contributed by atoms with Gasteiger partial charge in [-0.1, -0.05) is 31.4 Å². The number of nitrogens with zero attached hydrogens (tertiary/aromatic N) is 4. The minimum absolute atomic E-state index is 0.222. The molecule has 0 unspecified atom stereocenters. The smallest absolute Gasteiger partial charge is 0.328 e. The molecule has 1 saturated carbocycles. The van der Waals surface area contributed by atoms with Crippen molar-refractivity contribution >= 4 is 23.4 Å². The molecule has 1 spiro atoms. The number of carbonyl (C=O) groups is 1. The molecule has 3 aliphatic rings. The first-order chi connectivity index (χ1) is 16.0. The van der Waals surface area contributed by atoms with Crippen LogP contribution in [-0.2, 0) is 6.54 Å². The number of amidine groups is 1. The fourth-order valence-electron chi connectivity index (χ4n) is 5.47. The van der Waals surface area contributed by atoms with Crippen LogP contribution in [0.25, 0.3) is 0 Å². The molecule has 7 nitrogen and oxygen atoms in total. The van der Waals surface area contributed by atoms with E-state index in [1.54, 1.807) is 23.2 Å². The van der Waals surface area contributed by atoms with Gasteiger partial charge < -0.3 is 5.73 Å². The zero-order valence-corrected chi connectivity index (χ0v) is 18.8. The van der Waals surface area contributed by atoms with Crippen molar-refractivity contribution in [3.05, 3.63) is 54.0 Å². The predicted octanol–water partition coefficient (Wildman–Crippen LogP) is 4.10. The van der Waals surface area contributed by atoms with Gasteiger partial charge in [0.1, 0.15) is 23.0 Å². The quantitative estimate of drug-likeness (QED) is 0.734. The molecule has 0 bridgehead atoms. The summed E-state index contributed by atoms with van der Waals surface area (Å²) in [6, 6.07) is 10.2. The van der Waals surface area contributed by atoms with Crippen LogP contribution in [0.15, 0.2) is 47.6 Å². The molecule has 3 N–H and O–H groups in total. The Balaban J connectivity index is 1.44. The minimum atomic E-state index is -0.584. The van der Waals surface area contributed by atoms with Gasteiger partial charge >= 0.3 is 6.03 Å². The number of piperidine rings is 1. The van der Waals surface area contributed by atoms with Crippen molar-refractivity contribution in [3.63, 3.8) is 0 Å². The molecule has 8 heteroatoms. The van der Waals surface area contributed by atoms with E-state index in [4.69, 9.17) is 10.7 Å². The largest absolute Gasteiger partial charge is 0.383 e. The van der Waals surface area contributed by atoms with Gasteiger partial charge in [-0.2, -0.15) is 0 Å². The van der Waals surface area contributed by atoms with E-state index in [1.165, 1.54) is 31.4 Å². The molecule has 33 heavy (non-hydrogen) atoms. The predicted molar refractivity (Wildman–Crippen MR) is 128 cm³/mol. The molecule has 2 aromatic rings. The summed E-state index contributed by atoms with van der Waals surface area (Å²) in [6.07, 6.45) is 8.85. The second kappa shape index (κ2) is 9.09. The number of anilines is 2. The van der Waals surface area contributed by atoms with Crippen molar-refractivity contribution in [2.24, 2.45) is 4.99 Å². The van der Waals surface area contributed by atoms with Crippen molar-refractivity contribution in [2.75, 3.05) is 23.7 Å². The minimum Gasteiger partial charge on any atom is -0.383 e. The van der Waals surface area contributed by atoms with Gasteiger partial charge in [-0.25, -0.2) is 14.2 Å². The number of nitrogens with one attached hydrogen (secondary N) is 1. The summed E-state index contributed by atoms with van der Waals surface area (Å²) in [5.41, 5.74) is 7.05. The molecule has 0 radical (unpaired) electrons. The molecule has 2 amide bonds. The Hall–Kier alpha value is -3.00. The Labute approximate surface area is 193 Å². The summed E-state index contributed by atoms with van der Waals surface area (Å²) in [5.74, 6) is 0.957. The summed E-state index contributed by atoms with van der Waals surface area (Å²) >= 11 is 0. The highest BCUT2D eigenvalue weighted by Crippen LogP contribution is 2.39. The van der Waals surface area contributed by atoms with E-state index >= 15 is 0 Å². The van der Waals surface area contributed by atoms with Crippen LogP contribution >= 0.6 is 0 Å². The van der Waals surface area contributed by atoms with E-state index in [0.29, 0.717) is 30.9 Å². The number of nitrogens with two attached hydrogens (primary N) is 1. The number of aromatic nitrogens is 1. The summed E-state index contributed by atoms with van der Waals surface area (Å²) in [5, 5.41) is 3.07. The number of pyridine rings is 1. The molecule has 2 aliphatic heterocycles. The lowest BCUT2D eigenvalue weighted by molar-refractivity contribution is 0.184. The number of aliphatic imine (C=N–C) groups is 1. The number of halogens is 1. The number of amides is 2. The monoisotopic (exact) mass is 450 g/mol. The number of hydrogen-bond acceptors (Lipinski definition) is 5. The van der Waals surface area contributed by atoms with Crippen LogP contribution in [0.2, 0.25) is 0 Å². The van der Waals surface area contributed by atoms with Gasteiger partial charge in [0.2, 0.25) is 0 Å². The highest BCUT2D eigenvalue weighted by Gasteiger charge is 2.53. The highest BCUT2D eigenvalue weighted by atomic mass is 19.1. The molecule has 1 aliphatic carbocycles. The van der Waals surface area contributed by atoms with Crippen LogP contribution < -0.4 is 16.0 Å². The fourth-order valence-corrected chi connectivity index (χ4v) is 5.47. The van der Waals surface area contributed by atoms with Crippen LogP contribution in [0.1, 0.15) is 50.5 Å². The number of hydrogen-bond donors (Lipinski definition) is 2. The van der Waals surface area contributed by atoms with Crippen molar-refractivity contribution in [3.8, 4) is 0 Å². The zero-order valence-electron chi connectivity index (χ0n) is 18.8. The van der Waals surface area contributed by atoms with Crippen molar-refractivity contribution in [1.29, 1.82) is 0 Å². The van der Waals surface area contributed by atoms with E-state index in [1.807, 2.05) is 12.1 Å². The van der Waals surface area contributed by atoms with Crippen LogP contribution in [0.4, 0.5) is 20.7 Å². The van der Waals surface area contributed by atoms with E-state index < -0.39 is 5.54 Å². The summed E-state index contributed by atoms with van der Waals surface area (Å²) in [6.45, 7) is 2.27. The van der Waals surface area contributed by atoms with Crippen LogP contribution in [0, 0.1) is 5.82 Å². The van der Waals surface area contributed by atoms with Crippen molar-refractivity contribution in [2.45, 2.75) is 63.1 Å². The highest BCUT2D eigenvalue weighted by molar-refractivity contribution is 6.19. The molecule has 0 atom stereocenters. The van der Waals surface area contributed by atoms with E-state index in [0.717, 1.165) is 37.3 Å². The maximum atomic E-state index is 14.1. The van der Waals surface area contributed by atoms with Gasteiger partial charge in [0.05, 0.1) is 6.04 Å². The number of likely N-dealkylation sites (tertiary alicyclic amines) is 1. The Bertz CT molecular complexity index is 1040. The molecule has 3 fully saturated rings. The SMILES string of the molecule is Nc1ncccc1CN1CCC2(CC1)C(=NC1CCCCC1)NC(=O)N2c1cccc(F)c1. The third-order valence-electron chi connectivity index (χ3n) is 7.25. The second-order valence-electron chi connectivity index (χ2n) is 9.37. The van der Waals surface area contributed by atoms with Crippen LogP contribution in [-0.4, -0.2) is 46.4 Å². The second-order valence-corrected chi connectivity index (χ2v) is 9.37. The Kier molecular flexibility index (Phi) is 6.01. The average Bonchev–Trinajstić information content (AvgIpc) is 3.08. The first-order valence-electron chi connectivity index (χ1n) is 11.9. The van der Waals surface area contributed by atoms with Gasteiger partial charge in [0, 0.05) is 37.1 Å². The van der Waals surface area contributed by atoms with Gasteiger partial charge in [-0.15, -0.1) is 0 Å².